The molecule has 188 valence electrons. The number of carbonyl (C=O) groups is 3. The van der Waals surface area contributed by atoms with E-state index >= 15 is 0 Å². The van der Waals surface area contributed by atoms with Crippen LogP contribution in [0.25, 0.3) is 0 Å². The predicted octanol–water partition coefficient (Wildman–Crippen LogP) is 2.78. The SMILES string of the molecule is CCCCN1CC=C[C@]23S[C@H]4/C=C\CCCOC(=O)[C@H]4[C@H]2C(=O)N([C@@H](CO)CC(C)C)C3C1=O. The Bertz CT molecular complexity index is 858. The first-order valence-electron chi connectivity index (χ1n) is 12.8. The van der Waals surface area contributed by atoms with Gasteiger partial charge in [0.1, 0.15) is 6.04 Å². The molecule has 1 unspecified atom stereocenters. The summed E-state index contributed by atoms with van der Waals surface area (Å²) in [7, 11) is 0. The van der Waals surface area contributed by atoms with E-state index < -0.39 is 28.7 Å². The fraction of sp³-hybridized carbons (Fsp3) is 0.731. The van der Waals surface area contributed by atoms with Crippen LogP contribution in [0.15, 0.2) is 24.3 Å². The van der Waals surface area contributed by atoms with Crippen LogP contribution in [-0.4, -0.2) is 81.1 Å². The Morgan fingerprint density at radius 2 is 2.03 bits per heavy atom. The average molecular weight is 491 g/mol. The number of likely N-dealkylation sites (tertiary alicyclic amines) is 1. The van der Waals surface area contributed by atoms with Gasteiger partial charge in [-0.3, -0.25) is 14.4 Å². The third kappa shape index (κ3) is 4.32. The summed E-state index contributed by atoms with van der Waals surface area (Å²) >= 11 is 1.56. The maximum atomic E-state index is 14.2. The number of hydrogen-bond acceptors (Lipinski definition) is 6. The molecule has 0 aromatic heterocycles. The predicted molar refractivity (Wildman–Crippen MR) is 132 cm³/mol. The zero-order chi connectivity index (χ0) is 24.5. The second kappa shape index (κ2) is 10.4. The summed E-state index contributed by atoms with van der Waals surface area (Å²) in [6, 6.07) is -1.21. The van der Waals surface area contributed by atoms with Crippen molar-refractivity contribution >= 4 is 29.5 Å². The molecular formula is C26H38N2O5S. The minimum Gasteiger partial charge on any atom is -0.465 e. The van der Waals surface area contributed by atoms with Crippen molar-refractivity contribution in [3.05, 3.63) is 24.3 Å². The number of ether oxygens (including phenoxy) is 1. The maximum absolute atomic E-state index is 14.2. The molecule has 1 spiro atoms. The Hall–Kier alpha value is -1.80. The summed E-state index contributed by atoms with van der Waals surface area (Å²) in [5.74, 6) is -1.71. The van der Waals surface area contributed by atoms with Crippen LogP contribution in [0.1, 0.15) is 52.9 Å². The van der Waals surface area contributed by atoms with Crippen LogP contribution in [0.3, 0.4) is 0 Å². The zero-order valence-electron chi connectivity index (χ0n) is 20.5. The van der Waals surface area contributed by atoms with E-state index in [0.29, 0.717) is 26.1 Å². The molecule has 0 aliphatic carbocycles. The molecule has 8 heteroatoms. The zero-order valence-corrected chi connectivity index (χ0v) is 21.3. The van der Waals surface area contributed by atoms with Gasteiger partial charge in [-0.25, -0.2) is 0 Å². The van der Waals surface area contributed by atoms with E-state index in [9.17, 15) is 19.5 Å². The third-order valence-electron chi connectivity index (χ3n) is 7.50. The maximum Gasteiger partial charge on any atom is 0.311 e. The van der Waals surface area contributed by atoms with Gasteiger partial charge >= 0.3 is 5.97 Å². The first-order chi connectivity index (χ1) is 16.4. The first kappa shape index (κ1) is 25.3. The summed E-state index contributed by atoms with van der Waals surface area (Å²) < 4.78 is 4.75. The van der Waals surface area contributed by atoms with Crippen molar-refractivity contribution in [3.8, 4) is 0 Å². The highest BCUT2D eigenvalue weighted by molar-refractivity contribution is 8.02. The quantitative estimate of drug-likeness (QED) is 0.436. The summed E-state index contributed by atoms with van der Waals surface area (Å²) in [5.41, 5.74) is 0. The van der Waals surface area contributed by atoms with Crippen molar-refractivity contribution in [2.45, 2.75) is 75.0 Å². The van der Waals surface area contributed by atoms with E-state index in [1.54, 1.807) is 16.7 Å². The number of carbonyl (C=O) groups excluding carboxylic acids is 3. The number of aliphatic hydroxyl groups excluding tert-OH is 1. The Morgan fingerprint density at radius 3 is 2.74 bits per heavy atom. The van der Waals surface area contributed by atoms with Gasteiger partial charge in [0.2, 0.25) is 11.8 Å². The number of fused-ring (bicyclic) bond motifs is 2. The van der Waals surface area contributed by atoms with Gasteiger partial charge in [-0.2, -0.15) is 0 Å². The van der Waals surface area contributed by atoms with E-state index in [-0.39, 0.29) is 35.6 Å². The summed E-state index contributed by atoms with van der Waals surface area (Å²) in [6.07, 6.45) is 12.2. The van der Waals surface area contributed by atoms with Gasteiger partial charge in [-0.1, -0.05) is 51.5 Å². The average Bonchev–Trinajstić information content (AvgIpc) is 3.22. The van der Waals surface area contributed by atoms with Crippen LogP contribution < -0.4 is 0 Å². The smallest absolute Gasteiger partial charge is 0.311 e. The van der Waals surface area contributed by atoms with Crippen molar-refractivity contribution < 1.29 is 24.2 Å². The van der Waals surface area contributed by atoms with Crippen LogP contribution in [0.4, 0.5) is 0 Å². The van der Waals surface area contributed by atoms with E-state index in [1.807, 2.05) is 37.0 Å². The van der Waals surface area contributed by atoms with Gasteiger partial charge in [0.25, 0.3) is 0 Å². The molecular weight excluding hydrogens is 452 g/mol. The number of allylic oxidation sites excluding steroid dienone is 1. The Morgan fingerprint density at radius 1 is 1.24 bits per heavy atom. The molecule has 0 saturated carbocycles. The highest BCUT2D eigenvalue weighted by Gasteiger charge is 2.71. The minimum atomic E-state index is -0.850. The fourth-order valence-corrected chi connectivity index (χ4v) is 7.99. The van der Waals surface area contributed by atoms with Gasteiger partial charge in [-0.05, 0) is 31.6 Å². The highest BCUT2D eigenvalue weighted by atomic mass is 32.2. The van der Waals surface area contributed by atoms with Crippen molar-refractivity contribution in [1.29, 1.82) is 0 Å². The Kier molecular flexibility index (Phi) is 7.77. The molecule has 34 heavy (non-hydrogen) atoms. The molecule has 4 rings (SSSR count). The Balaban J connectivity index is 1.82. The number of unbranched alkanes of at least 4 members (excludes halogenated alkanes) is 1. The summed E-state index contributed by atoms with van der Waals surface area (Å²) in [5, 5.41) is 10.1. The van der Waals surface area contributed by atoms with Crippen molar-refractivity contribution in [2.75, 3.05) is 26.3 Å². The largest absolute Gasteiger partial charge is 0.465 e. The number of esters is 1. The monoisotopic (exact) mass is 490 g/mol. The van der Waals surface area contributed by atoms with Gasteiger partial charge in [0.15, 0.2) is 0 Å². The number of amides is 2. The first-order valence-corrected chi connectivity index (χ1v) is 13.6. The second-order valence-corrected chi connectivity index (χ2v) is 11.8. The fourth-order valence-electron chi connectivity index (χ4n) is 6.00. The van der Waals surface area contributed by atoms with Gasteiger partial charge in [-0.15, -0.1) is 11.8 Å². The molecule has 2 saturated heterocycles. The standard InChI is InChI=1S/C26H38N2O5S/c1-4-5-12-27-13-9-11-26-21(20-19(34-26)10-7-6-8-14-33-25(20)32)23(30)28(22(26)24(27)31)18(16-29)15-17(2)3/h7,9-11,17-22,29H,4-6,8,12-16H2,1-3H3/b10-7-/t18-,19+,20-,21+,22?,26+/m1/s1. The van der Waals surface area contributed by atoms with Crippen molar-refractivity contribution in [1.82, 2.24) is 9.80 Å². The summed E-state index contributed by atoms with van der Waals surface area (Å²) in [4.78, 5) is 45.0. The van der Waals surface area contributed by atoms with E-state index in [4.69, 9.17) is 4.74 Å². The van der Waals surface area contributed by atoms with Crippen LogP contribution in [0, 0.1) is 17.8 Å². The lowest BCUT2D eigenvalue weighted by atomic mass is 9.78. The third-order valence-corrected chi connectivity index (χ3v) is 9.25. The lowest BCUT2D eigenvalue weighted by molar-refractivity contribution is -0.153. The minimum absolute atomic E-state index is 0.0761. The van der Waals surface area contributed by atoms with Crippen molar-refractivity contribution in [3.63, 3.8) is 0 Å². The molecule has 2 fully saturated rings. The van der Waals surface area contributed by atoms with Gasteiger partial charge in [0, 0.05) is 18.3 Å². The topological polar surface area (TPSA) is 87.2 Å². The molecule has 4 heterocycles. The van der Waals surface area contributed by atoms with Crippen LogP contribution in [0.2, 0.25) is 0 Å². The van der Waals surface area contributed by atoms with E-state index in [2.05, 4.69) is 13.0 Å². The number of rotatable bonds is 7. The van der Waals surface area contributed by atoms with Crippen LogP contribution in [0.5, 0.6) is 0 Å². The van der Waals surface area contributed by atoms with Crippen LogP contribution >= 0.6 is 11.8 Å². The van der Waals surface area contributed by atoms with Crippen molar-refractivity contribution in [2.24, 2.45) is 17.8 Å². The Labute approximate surface area is 206 Å². The van der Waals surface area contributed by atoms with E-state index in [1.165, 1.54) is 0 Å². The van der Waals surface area contributed by atoms with E-state index in [0.717, 1.165) is 25.7 Å². The summed E-state index contributed by atoms with van der Waals surface area (Å²) in [6.45, 7) is 7.45. The number of aliphatic hydroxyl groups is 1. The lowest BCUT2D eigenvalue weighted by Crippen LogP contribution is -2.56. The second-order valence-electron chi connectivity index (χ2n) is 10.3. The number of nitrogens with zero attached hydrogens (tertiary/aromatic N) is 2. The van der Waals surface area contributed by atoms with Gasteiger partial charge < -0.3 is 19.6 Å². The molecule has 4 aliphatic rings. The molecule has 7 nitrogen and oxygen atoms in total. The molecule has 4 aliphatic heterocycles. The molecule has 0 radical (unpaired) electrons. The normalized spacial score (nSPS) is 35.1. The van der Waals surface area contributed by atoms with Gasteiger partial charge in [0.05, 0.1) is 35.8 Å². The number of cyclic esters (lactones) is 1. The molecule has 0 aromatic carbocycles. The van der Waals surface area contributed by atoms with Crippen LogP contribution in [-0.2, 0) is 19.1 Å². The molecule has 1 N–H and O–H groups in total. The highest BCUT2D eigenvalue weighted by Crippen LogP contribution is 2.61. The molecule has 2 amide bonds. The molecule has 6 atom stereocenters. The number of thioether (sulfide) groups is 1. The lowest BCUT2D eigenvalue weighted by Gasteiger charge is -2.39. The number of hydrogen-bond donors (Lipinski definition) is 1. The molecule has 0 bridgehead atoms. The molecule has 0 aromatic rings.